The van der Waals surface area contributed by atoms with Crippen molar-refractivity contribution in [2.75, 3.05) is 17.2 Å². The summed E-state index contributed by atoms with van der Waals surface area (Å²) in [6.07, 6.45) is 5.81. The lowest BCUT2D eigenvalue weighted by atomic mass is 10.1. The zero-order chi connectivity index (χ0) is 12.4. The van der Waals surface area contributed by atoms with Gasteiger partial charge in [0.1, 0.15) is 0 Å². The Morgan fingerprint density at radius 3 is 2.82 bits per heavy atom. The summed E-state index contributed by atoms with van der Waals surface area (Å²) in [7, 11) is 2.01. The topological polar surface area (TPSA) is 47.1 Å². The van der Waals surface area contributed by atoms with Crippen LogP contribution in [0.3, 0.4) is 0 Å². The molecule has 0 aliphatic carbocycles. The van der Waals surface area contributed by atoms with Crippen LogP contribution in [0.2, 0.25) is 0 Å². The molecule has 2 rings (SSSR count). The Morgan fingerprint density at radius 2 is 2.18 bits per heavy atom. The second kappa shape index (κ2) is 4.98. The van der Waals surface area contributed by atoms with Crippen LogP contribution < -0.4 is 10.6 Å². The molecule has 96 valence electrons. The van der Waals surface area contributed by atoms with E-state index in [4.69, 9.17) is 5.73 Å². The summed E-state index contributed by atoms with van der Waals surface area (Å²) in [6.45, 7) is 5.54. The van der Waals surface area contributed by atoms with E-state index in [0.29, 0.717) is 6.04 Å². The van der Waals surface area contributed by atoms with Crippen LogP contribution in [0.1, 0.15) is 45.2 Å². The van der Waals surface area contributed by atoms with Crippen molar-refractivity contribution in [2.24, 2.45) is 7.05 Å². The van der Waals surface area contributed by atoms with Crippen LogP contribution in [0.15, 0.2) is 0 Å². The maximum Gasteiger partial charge on any atom is 0.150 e. The molecule has 2 heterocycles. The number of aryl methyl sites for hydroxylation is 2. The maximum atomic E-state index is 6.26. The average molecular weight is 236 g/mol. The molecule has 1 unspecified atom stereocenters. The fraction of sp³-hybridized carbons (Fsp3) is 0.769. The highest BCUT2D eigenvalue weighted by atomic mass is 15.4. The summed E-state index contributed by atoms with van der Waals surface area (Å²) in [5.74, 6) is 1.14. The van der Waals surface area contributed by atoms with Crippen LogP contribution in [0, 0.1) is 0 Å². The molecule has 0 aromatic carbocycles. The normalized spacial score (nSPS) is 20.2. The van der Waals surface area contributed by atoms with Gasteiger partial charge >= 0.3 is 0 Å². The number of anilines is 2. The summed E-state index contributed by atoms with van der Waals surface area (Å²) in [5.41, 5.74) is 8.22. The van der Waals surface area contributed by atoms with E-state index in [2.05, 4.69) is 23.8 Å². The summed E-state index contributed by atoms with van der Waals surface area (Å²) >= 11 is 0. The fourth-order valence-corrected chi connectivity index (χ4v) is 2.89. The monoisotopic (exact) mass is 236 g/mol. The van der Waals surface area contributed by atoms with Gasteiger partial charge in [0.2, 0.25) is 0 Å². The third-order valence-corrected chi connectivity index (χ3v) is 3.74. The highest BCUT2D eigenvalue weighted by Gasteiger charge is 2.28. The van der Waals surface area contributed by atoms with Crippen LogP contribution in [0.25, 0.3) is 0 Å². The lowest BCUT2D eigenvalue weighted by Gasteiger charge is -2.26. The molecule has 1 aliphatic heterocycles. The lowest BCUT2D eigenvalue weighted by molar-refractivity contribution is 0.620. The van der Waals surface area contributed by atoms with E-state index >= 15 is 0 Å². The van der Waals surface area contributed by atoms with Gasteiger partial charge < -0.3 is 10.6 Å². The zero-order valence-electron chi connectivity index (χ0n) is 11.2. The van der Waals surface area contributed by atoms with E-state index in [0.717, 1.165) is 36.6 Å². The summed E-state index contributed by atoms with van der Waals surface area (Å²) in [6, 6.07) is 0.641. The standard InChI is InChI=1S/C13H24N4/c1-4-7-11-12(14)13(16(3)15-11)17-9-6-8-10(17)5-2/h10H,4-9,14H2,1-3H3. The maximum absolute atomic E-state index is 6.26. The van der Waals surface area contributed by atoms with E-state index in [-0.39, 0.29) is 0 Å². The number of aromatic nitrogens is 2. The van der Waals surface area contributed by atoms with Crippen molar-refractivity contribution in [2.45, 2.75) is 52.0 Å². The molecule has 1 saturated heterocycles. The smallest absolute Gasteiger partial charge is 0.150 e. The molecular formula is C13H24N4. The average Bonchev–Trinajstić information content (AvgIpc) is 2.85. The van der Waals surface area contributed by atoms with Gasteiger partial charge in [-0.05, 0) is 25.7 Å². The van der Waals surface area contributed by atoms with Gasteiger partial charge in [0.15, 0.2) is 5.82 Å². The second-order valence-electron chi connectivity index (χ2n) is 4.96. The molecule has 4 nitrogen and oxygen atoms in total. The molecular weight excluding hydrogens is 212 g/mol. The van der Waals surface area contributed by atoms with E-state index in [1.807, 2.05) is 11.7 Å². The number of nitrogens with zero attached hydrogens (tertiary/aromatic N) is 3. The first-order valence-corrected chi connectivity index (χ1v) is 6.77. The van der Waals surface area contributed by atoms with Crippen molar-refractivity contribution < 1.29 is 0 Å². The van der Waals surface area contributed by atoms with Gasteiger partial charge in [-0.15, -0.1) is 0 Å². The SMILES string of the molecule is CCCc1nn(C)c(N2CCCC2CC)c1N. The van der Waals surface area contributed by atoms with E-state index in [1.165, 1.54) is 19.3 Å². The number of hydrogen-bond acceptors (Lipinski definition) is 3. The molecule has 0 amide bonds. The van der Waals surface area contributed by atoms with Gasteiger partial charge in [-0.2, -0.15) is 5.10 Å². The van der Waals surface area contributed by atoms with Gasteiger partial charge in [-0.3, -0.25) is 4.68 Å². The van der Waals surface area contributed by atoms with E-state index in [1.54, 1.807) is 0 Å². The number of hydrogen-bond donors (Lipinski definition) is 1. The molecule has 1 aromatic rings. The van der Waals surface area contributed by atoms with Crippen LogP contribution in [0.4, 0.5) is 11.5 Å². The van der Waals surface area contributed by atoms with Crippen molar-refractivity contribution in [1.82, 2.24) is 9.78 Å². The molecule has 0 spiro atoms. The van der Waals surface area contributed by atoms with Gasteiger partial charge in [0, 0.05) is 19.6 Å². The van der Waals surface area contributed by atoms with Crippen molar-refractivity contribution in [1.29, 1.82) is 0 Å². The Labute approximate surface area is 104 Å². The molecule has 1 atom stereocenters. The second-order valence-corrected chi connectivity index (χ2v) is 4.96. The zero-order valence-corrected chi connectivity index (χ0v) is 11.2. The summed E-state index contributed by atoms with van der Waals surface area (Å²) < 4.78 is 1.97. The molecule has 1 aliphatic rings. The largest absolute Gasteiger partial charge is 0.394 e. The Morgan fingerprint density at radius 1 is 1.41 bits per heavy atom. The minimum Gasteiger partial charge on any atom is -0.394 e. The summed E-state index contributed by atoms with van der Waals surface area (Å²) in [5, 5.41) is 4.56. The van der Waals surface area contributed by atoms with Crippen LogP contribution in [-0.4, -0.2) is 22.4 Å². The first kappa shape index (κ1) is 12.3. The molecule has 0 radical (unpaired) electrons. The third-order valence-electron chi connectivity index (χ3n) is 3.74. The van der Waals surface area contributed by atoms with Gasteiger partial charge in [-0.1, -0.05) is 20.3 Å². The molecule has 0 saturated carbocycles. The van der Waals surface area contributed by atoms with Gasteiger partial charge in [0.05, 0.1) is 11.4 Å². The van der Waals surface area contributed by atoms with Crippen molar-refractivity contribution in [3.8, 4) is 0 Å². The molecule has 17 heavy (non-hydrogen) atoms. The van der Waals surface area contributed by atoms with Crippen LogP contribution in [-0.2, 0) is 13.5 Å². The highest BCUT2D eigenvalue weighted by molar-refractivity contribution is 5.67. The fourth-order valence-electron chi connectivity index (χ4n) is 2.89. The Bertz CT molecular complexity index is 383. The number of nitrogens with two attached hydrogens (primary N) is 1. The van der Waals surface area contributed by atoms with Gasteiger partial charge in [0.25, 0.3) is 0 Å². The number of nitrogen functional groups attached to an aromatic ring is 1. The highest BCUT2D eigenvalue weighted by Crippen LogP contribution is 2.33. The van der Waals surface area contributed by atoms with E-state index in [9.17, 15) is 0 Å². The van der Waals surface area contributed by atoms with E-state index < -0.39 is 0 Å². The molecule has 2 N–H and O–H groups in total. The first-order chi connectivity index (χ1) is 8.19. The Hall–Kier alpha value is -1.19. The van der Waals surface area contributed by atoms with Crippen molar-refractivity contribution in [3.05, 3.63) is 5.69 Å². The lowest BCUT2D eigenvalue weighted by Crippen LogP contribution is -2.30. The van der Waals surface area contributed by atoms with Crippen molar-refractivity contribution >= 4 is 11.5 Å². The van der Waals surface area contributed by atoms with Crippen molar-refractivity contribution in [3.63, 3.8) is 0 Å². The molecule has 4 heteroatoms. The minimum absolute atomic E-state index is 0.641. The Kier molecular flexibility index (Phi) is 3.60. The molecule has 0 bridgehead atoms. The van der Waals surface area contributed by atoms with Crippen LogP contribution in [0.5, 0.6) is 0 Å². The first-order valence-electron chi connectivity index (χ1n) is 6.77. The minimum atomic E-state index is 0.641. The summed E-state index contributed by atoms with van der Waals surface area (Å²) in [4.78, 5) is 2.45. The van der Waals surface area contributed by atoms with Crippen LogP contribution >= 0.6 is 0 Å². The molecule has 1 aromatic heterocycles. The Balaban J connectivity index is 2.31. The predicted octanol–water partition coefficient (Wildman–Crippen LogP) is 2.33. The predicted molar refractivity (Wildman–Crippen MR) is 72.3 cm³/mol. The quantitative estimate of drug-likeness (QED) is 0.873. The molecule has 1 fully saturated rings. The number of rotatable bonds is 4. The third kappa shape index (κ3) is 2.13. The van der Waals surface area contributed by atoms with Gasteiger partial charge in [-0.25, -0.2) is 0 Å².